The van der Waals surface area contributed by atoms with E-state index in [4.69, 9.17) is 10.00 Å². The number of methoxy groups -OCH3 is 1. The third-order valence-corrected chi connectivity index (χ3v) is 2.40. The van der Waals surface area contributed by atoms with Crippen LogP contribution in [0.3, 0.4) is 0 Å². The summed E-state index contributed by atoms with van der Waals surface area (Å²) in [5.74, 6) is -1.50. The van der Waals surface area contributed by atoms with Gasteiger partial charge in [-0.3, -0.25) is 4.79 Å². The molecule has 0 saturated heterocycles. The predicted octanol–water partition coefficient (Wildman–Crippen LogP) is 2.57. The molecule has 8 heteroatoms. The zero-order chi connectivity index (χ0) is 16.0. The van der Waals surface area contributed by atoms with E-state index in [0.29, 0.717) is 0 Å². The van der Waals surface area contributed by atoms with Crippen molar-refractivity contribution in [2.75, 3.05) is 13.7 Å². The van der Waals surface area contributed by atoms with Gasteiger partial charge in [-0.2, -0.15) is 5.26 Å². The molecule has 0 aromatic heterocycles. The number of hydrogen-bond donors (Lipinski definition) is 0. The van der Waals surface area contributed by atoms with Crippen molar-refractivity contribution >= 4 is 5.97 Å². The third kappa shape index (κ3) is 4.56. The van der Waals surface area contributed by atoms with Gasteiger partial charge in [-0.25, -0.2) is 0 Å². The molecule has 0 unspecified atom stereocenters. The number of alkyl halides is 3. The highest BCUT2D eigenvalue weighted by Gasteiger charge is 2.34. The summed E-state index contributed by atoms with van der Waals surface area (Å²) in [4.78, 5) is 11.5. The summed E-state index contributed by atoms with van der Waals surface area (Å²) in [6.07, 6.45) is -5.50. The second kappa shape index (κ2) is 6.83. The van der Waals surface area contributed by atoms with E-state index in [-0.39, 0.29) is 23.5 Å². The van der Waals surface area contributed by atoms with Crippen molar-refractivity contribution in [3.63, 3.8) is 0 Å². The minimum absolute atomic E-state index is 0.00121. The van der Waals surface area contributed by atoms with Gasteiger partial charge < -0.3 is 14.2 Å². The monoisotopic (exact) mass is 303 g/mol. The number of esters is 1. The van der Waals surface area contributed by atoms with Crippen LogP contribution in [0.25, 0.3) is 0 Å². The number of benzene rings is 1. The molecule has 0 spiro atoms. The molecule has 114 valence electrons. The van der Waals surface area contributed by atoms with Crippen molar-refractivity contribution in [2.24, 2.45) is 0 Å². The van der Waals surface area contributed by atoms with Crippen LogP contribution in [0, 0.1) is 11.3 Å². The Kier molecular flexibility index (Phi) is 5.41. The lowest BCUT2D eigenvalue weighted by atomic mass is 10.1. The summed E-state index contributed by atoms with van der Waals surface area (Å²) in [6, 6.07) is 3.99. The normalized spacial score (nSPS) is 10.7. The van der Waals surface area contributed by atoms with Crippen LogP contribution >= 0.6 is 0 Å². The summed E-state index contributed by atoms with van der Waals surface area (Å²) in [6.45, 7) is 1.64. The average molecular weight is 303 g/mol. The van der Waals surface area contributed by atoms with Crippen molar-refractivity contribution in [3.8, 4) is 17.6 Å². The number of nitrogens with zero attached hydrogens (tertiary/aromatic N) is 1. The molecular formula is C13H12F3NO4. The van der Waals surface area contributed by atoms with Gasteiger partial charge in [0, 0.05) is 5.56 Å². The molecule has 0 aliphatic heterocycles. The Balaban J connectivity index is 3.34. The Hall–Kier alpha value is -2.43. The highest BCUT2D eigenvalue weighted by atomic mass is 19.4. The van der Waals surface area contributed by atoms with Crippen LogP contribution in [0.1, 0.15) is 18.1 Å². The lowest BCUT2D eigenvalue weighted by Gasteiger charge is -2.17. The maximum atomic E-state index is 12.5. The number of nitriles is 1. The summed E-state index contributed by atoms with van der Waals surface area (Å²) < 4.78 is 50.9. The minimum atomic E-state index is -5.00. The Labute approximate surface area is 118 Å². The van der Waals surface area contributed by atoms with Crippen LogP contribution in [0.5, 0.6) is 11.5 Å². The van der Waals surface area contributed by atoms with Gasteiger partial charge in [0.25, 0.3) is 0 Å². The number of carbonyl (C=O) groups excluding carboxylic acids is 1. The lowest BCUT2D eigenvalue weighted by Crippen LogP contribution is -2.20. The molecular weight excluding hydrogens is 291 g/mol. The molecule has 0 saturated carbocycles. The molecule has 1 rings (SSSR count). The highest BCUT2D eigenvalue weighted by Crippen LogP contribution is 2.36. The summed E-state index contributed by atoms with van der Waals surface area (Å²) in [5, 5.41) is 8.89. The first-order valence-corrected chi connectivity index (χ1v) is 5.83. The fourth-order valence-electron chi connectivity index (χ4n) is 1.65. The van der Waals surface area contributed by atoms with Crippen LogP contribution in [0.2, 0.25) is 0 Å². The number of carbonyl (C=O) groups is 1. The number of ether oxygens (including phenoxy) is 3. The Morgan fingerprint density at radius 2 is 2.05 bits per heavy atom. The molecule has 0 aliphatic rings. The Bertz CT molecular complexity index is 564. The van der Waals surface area contributed by atoms with Crippen molar-refractivity contribution in [3.05, 3.63) is 23.3 Å². The first kappa shape index (κ1) is 16.6. The number of halogens is 3. The topological polar surface area (TPSA) is 68.5 Å². The molecule has 0 radical (unpaired) electrons. The molecule has 0 bridgehead atoms. The molecule has 0 heterocycles. The summed E-state index contributed by atoms with van der Waals surface area (Å²) in [5.41, 5.74) is -0.542. The number of hydrogen-bond acceptors (Lipinski definition) is 5. The van der Waals surface area contributed by atoms with E-state index in [1.807, 2.05) is 0 Å². The minimum Gasteiger partial charge on any atom is -0.496 e. The van der Waals surface area contributed by atoms with Crippen LogP contribution in [-0.4, -0.2) is 26.0 Å². The summed E-state index contributed by atoms with van der Waals surface area (Å²) in [7, 11) is 1.23. The van der Waals surface area contributed by atoms with Gasteiger partial charge in [-0.05, 0) is 19.1 Å². The number of rotatable bonds is 5. The quantitative estimate of drug-likeness (QED) is 0.782. The summed E-state index contributed by atoms with van der Waals surface area (Å²) >= 11 is 0. The second-order valence-electron chi connectivity index (χ2n) is 3.76. The molecule has 5 nitrogen and oxygen atoms in total. The molecule has 21 heavy (non-hydrogen) atoms. The molecule has 0 amide bonds. The van der Waals surface area contributed by atoms with Gasteiger partial charge in [-0.15, -0.1) is 13.2 Å². The maximum Gasteiger partial charge on any atom is 0.573 e. The third-order valence-electron chi connectivity index (χ3n) is 2.40. The van der Waals surface area contributed by atoms with Crippen molar-refractivity contribution < 1.29 is 32.2 Å². The van der Waals surface area contributed by atoms with Gasteiger partial charge in [0.2, 0.25) is 0 Å². The van der Waals surface area contributed by atoms with Crippen molar-refractivity contribution in [1.29, 1.82) is 5.26 Å². The molecule has 0 N–H and O–H groups in total. The first-order chi connectivity index (χ1) is 9.82. The molecule has 0 atom stereocenters. The van der Waals surface area contributed by atoms with Gasteiger partial charge >= 0.3 is 12.3 Å². The van der Waals surface area contributed by atoms with Crippen molar-refractivity contribution in [1.82, 2.24) is 0 Å². The van der Waals surface area contributed by atoms with Gasteiger partial charge in [-0.1, -0.05) is 0 Å². The SMILES string of the molecule is CCOC(=O)Cc1c(OC)ccc(C#N)c1OC(F)(F)F. The van der Waals surface area contributed by atoms with E-state index in [2.05, 4.69) is 9.47 Å². The molecule has 1 aromatic carbocycles. The van der Waals surface area contributed by atoms with Crippen LogP contribution in [0.15, 0.2) is 12.1 Å². The highest BCUT2D eigenvalue weighted by molar-refractivity contribution is 5.75. The molecule has 0 fully saturated rings. The van der Waals surface area contributed by atoms with Gasteiger partial charge in [0.05, 0.1) is 25.7 Å². The zero-order valence-electron chi connectivity index (χ0n) is 11.3. The van der Waals surface area contributed by atoms with E-state index < -0.39 is 24.5 Å². The van der Waals surface area contributed by atoms with Crippen LogP contribution < -0.4 is 9.47 Å². The largest absolute Gasteiger partial charge is 0.573 e. The van der Waals surface area contributed by atoms with E-state index >= 15 is 0 Å². The van der Waals surface area contributed by atoms with E-state index in [9.17, 15) is 18.0 Å². The molecule has 0 aliphatic carbocycles. The maximum absolute atomic E-state index is 12.5. The lowest BCUT2D eigenvalue weighted by molar-refractivity contribution is -0.275. The van der Waals surface area contributed by atoms with Crippen molar-refractivity contribution in [2.45, 2.75) is 19.7 Å². The van der Waals surface area contributed by atoms with E-state index in [0.717, 1.165) is 6.07 Å². The first-order valence-electron chi connectivity index (χ1n) is 5.83. The standard InChI is InChI=1S/C13H12F3NO4/c1-3-20-11(18)6-9-10(19-2)5-4-8(7-17)12(9)21-13(14,15)16/h4-5H,3,6H2,1-2H3. The second-order valence-corrected chi connectivity index (χ2v) is 3.76. The van der Waals surface area contributed by atoms with Gasteiger partial charge in [0.1, 0.15) is 11.8 Å². The fraction of sp³-hybridized carbons (Fsp3) is 0.385. The van der Waals surface area contributed by atoms with Gasteiger partial charge in [0.15, 0.2) is 5.75 Å². The predicted molar refractivity (Wildman–Crippen MR) is 64.7 cm³/mol. The Morgan fingerprint density at radius 3 is 2.52 bits per heavy atom. The average Bonchev–Trinajstić information content (AvgIpc) is 2.39. The smallest absolute Gasteiger partial charge is 0.496 e. The van der Waals surface area contributed by atoms with E-state index in [1.165, 1.54) is 13.2 Å². The Morgan fingerprint density at radius 1 is 1.38 bits per heavy atom. The zero-order valence-corrected chi connectivity index (χ0v) is 11.3. The van der Waals surface area contributed by atoms with Crippen LogP contribution in [-0.2, 0) is 16.0 Å². The molecule has 1 aromatic rings. The van der Waals surface area contributed by atoms with E-state index in [1.54, 1.807) is 13.0 Å². The fourth-order valence-corrected chi connectivity index (χ4v) is 1.65. The van der Waals surface area contributed by atoms with Crippen LogP contribution in [0.4, 0.5) is 13.2 Å².